The Kier molecular flexibility index (Phi) is 7.65. The number of ether oxygens (including phenoxy) is 1. The Morgan fingerprint density at radius 3 is 2.52 bits per heavy atom. The number of carbonyl (C=O) groups excluding carboxylic acids is 1. The molecule has 1 amide bonds. The molecule has 2 rings (SSSR count). The number of nitrogens with one attached hydrogen (secondary N) is 1. The van der Waals surface area contributed by atoms with Crippen LogP contribution in [0, 0.1) is 6.92 Å². The van der Waals surface area contributed by atoms with Gasteiger partial charge in [0.2, 0.25) is 0 Å². The van der Waals surface area contributed by atoms with E-state index in [2.05, 4.69) is 24.1 Å². The van der Waals surface area contributed by atoms with Crippen molar-refractivity contribution in [3.05, 3.63) is 53.9 Å². The fraction of sp³-hybridized carbons (Fsp3) is 0.455. The van der Waals surface area contributed by atoms with Crippen molar-refractivity contribution in [2.45, 2.75) is 53.1 Å². The number of aromatic nitrogens is 1. The summed E-state index contributed by atoms with van der Waals surface area (Å²) in [6.45, 7) is 11.5. The molecular weight excluding hydrogens is 338 g/mol. The molecule has 5 heteroatoms. The van der Waals surface area contributed by atoms with Gasteiger partial charge in [0.25, 0.3) is 5.91 Å². The highest BCUT2D eigenvalue weighted by Gasteiger charge is 2.19. The SMILES string of the molecule is CCCN(C(=O)c1cc(C)cc(OC[C@H](C)Nc2ccncc2)c1)C(C)C. The van der Waals surface area contributed by atoms with Gasteiger partial charge in [-0.1, -0.05) is 6.92 Å². The molecule has 0 aliphatic carbocycles. The van der Waals surface area contributed by atoms with Crippen molar-refractivity contribution < 1.29 is 9.53 Å². The van der Waals surface area contributed by atoms with E-state index in [9.17, 15) is 4.79 Å². The molecule has 1 aromatic heterocycles. The van der Waals surface area contributed by atoms with E-state index in [1.807, 2.05) is 56.0 Å². The lowest BCUT2D eigenvalue weighted by molar-refractivity contribution is 0.0705. The van der Waals surface area contributed by atoms with E-state index in [0.29, 0.717) is 12.2 Å². The van der Waals surface area contributed by atoms with Crippen molar-refractivity contribution >= 4 is 11.6 Å². The van der Waals surface area contributed by atoms with Gasteiger partial charge in [-0.25, -0.2) is 0 Å². The highest BCUT2D eigenvalue weighted by molar-refractivity contribution is 5.95. The number of pyridine rings is 1. The van der Waals surface area contributed by atoms with E-state index in [-0.39, 0.29) is 18.0 Å². The maximum atomic E-state index is 12.9. The number of hydrogen-bond donors (Lipinski definition) is 1. The van der Waals surface area contributed by atoms with Gasteiger partial charge in [-0.2, -0.15) is 0 Å². The second-order valence-corrected chi connectivity index (χ2v) is 7.22. The molecule has 1 heterocycles. The number of carbonyl (C=O) groups is 1. The molecule has 0 spiro atoms. The predicted octanol–water partition coefficient (Wildman–Crippen LogP) is 4.53. The first-order valence-electron chi connectivity index (χ1n) is 9.62. The highest BCUT2D eigenvalue weighted by Crippen LogP contribution is 2.20. The van der Waals surface area contributed by atoms with Crippen LogP contribution in [-0.4, -0.2) is 41.0 Å². The average molecular weight is 370 g/mol. The van der Waals surface area contributed by atoms with Crippen molar-refractivity contribution in [2.75, 3.05) is 18.5 Å². The van der Waals surface area contributed by atoms with E-state index >= 15 is 0 Å². The summed E-state index contributed by atoms with van der Waals surface area (Å²) in [6.07, 6.45) is 4.45. The molecule has 0 bridgehead atoms. The molecule has 0 fully saturated rings. The summed E-state index contributed by atoms with van der Waals surface area (Å²) in [5.74, 6) is 0.783. The van der Waals surface area contributed by atoms with E-state index in [1.165, 1.54) is 0 Å². The molecule has 0 aliphatic heterocycles. The van der Waals surface area contributed by atoms with Gasteiger partial charge in [-0.05, 0) is 70.0 Å². The second kappa shape index (κ2) is 9.95. The first kappa shape index (κ1) is 20.7. The Morgan fingerprint density at radius 1 is 1.19 bits per heavy atom. The van der Waals surface area contributed by atoms with Gasteiger partial charge < -0.3 is 15.0 Å². The van der Waals surface area contributed by atoms with Gasteiger partial charge >= 0.3 is 0 Å². The quantitative estimate of drug-likeness (QED) is 0.705. The third kappa shape index (κ3) is 6.27. The van der Waals surface area contributed by atoms with Gasteiger partial charge in [0.1, 0.15) is 12.4 Å². The average Bonchev–Trinajstić information content (AvgIpc) is 2.64. The van der Waals surface area contributed by atoms with Gasteiger partial charge in [0.15, 0.2) is 0 Å². The van der Waals surface area contributed by atoms with Crippen molar-refractivity contribution in [1.82, 2.24) is 9.88 Å². The van der Waals surface area contributed by atoms with Crippen molar-refractivity contribution in [3.63, 3.8) is 0 Å². The second-order valence-electron chi connectivity index (χ2n) is 7.22. The van der Waals surface area contributed by atoms with Crippen LogP contribution >= 0.6 is 0 Å². The molecule has 1 N–H and O–H groups in total. The Morgan fingerprint density at radius 2 is 1.89 bits per heavy atom. The molecule has 2 aromatic rings. The standard InChI is InChI=1S/C22H31N3O2/c1-6-11-25(16(2)3)22(26)19-12-17(4)13-21(14-19)27-15-18(5)24-20-7-9-23-10-8-20/h7-10,12-14,16,18H,6,11,15H2,1-5H3,(H,23,24)/t18-/m0/s1. The van der Waals surface area contributed by atoms with Crippen LogP contribution in [0.5, 0.6) is 5.75 Å². The third-order valence-electron chi connectivity index (χ3n) is 4.24. The van der Waals surface area contributed by atoms with Crippen LogP contribution in [0.2, 0.25) is 0 Å². The predicted molar refractivity (Wildman–Crippen MR) is 110 cm³/mol. The summed E-state index contributed by atoms with van der Waals surface area (Å²) in [5, 5.41) is 3.37. The molecule has 5 nitrogen and oxygen atoms in total. The Labute approximate surface area is 162 Å². The number of nitrogens with zero attached hydrogens (tertiary/aromatic N) is 2. The molecular formula is C22H31N3O2. The zero-order valence-corrected chi connectivity index (χ0v) is 17.0. The van der Waals surface area contributed by atoms with Crippen molar-refractivity contribution in [2.24, 2.45) is 0 Å². The van der Waals surface area contributed by atoms with E-state index < -0.39 is 0 Å². The van der Waals surface area contributed by atoms with Gasteiger partial charge in [-0.15, -0.1) is 0 Å². The fourth-order valence-electron chi connectivity index (χ4n) is 2.95. The molecule has 0 radical (unpaired) electrons. The minimum absolute atomic E-state index is 0.0587. The first-order valence-corrected chi connectivity index (χ1v) is 9.62. The number of hydrogen-bond acceptors (Lipinski definition) is 4. The Hall–Kier alpha value is -2.56. The van der Waals surface area contributed by atoms with Crippen LogP contribution in [0.3, 0.4) is 0 Å². The molecule has 27 heavy (non-hydrogen) atoms. The summed E-state index contributed by atoms with van der Waals surface area (Å²) in [5.41, 5.74) is 2.71. The highest BCUT2D eigenvalue weighted by atomic mass is 16.5. The third-order valence-corrected chi connectivity index (χ3v) is 4.24. The maximum Gasteiger partial charge on any atom is 0.254 e. The van der Waals surface area contributed by atoms with Crippen LogP contribution in [-0.2, 0) is 0 Å². The van der Waals surface area contributed by atoms with Gasteiger partial charge in [0, 0.05) is 36.2 Å². The summed E-state index contributed by atoms with van der Waals surface area (Å²) in [4.78, 5) is 18.8. The zero-order chi connectivity index (χ0) is 19.8. The number of anilines is 1. The van der Waals surface area contributed by atoms with Crippen LogP contribution in [0.15, 0.2) is 42.7 Å². The minimum atomic E-state index is 0.0587. The van der Waals surface area contributed by atoms with Gasteiger partial charge in [0.05, 0.1) is 6.04 Å². The Bertz CT molecular complexity index is 732. The van der Waals surface area contributed by atoms with Crippen molar-refractivity contribution in [3.8, 4) is 5.75 Å². The summed E-state index contributed by atoms with van der Waals surface area (Å²) >= 11 is 0. The topological polar surface area (TPSA) is 54.5 Å². The summed E-state index contributed by atoms with van der Waals surface area (Å²) < 4.78 is 5.96. The van der Waals surface area contributed by atoms with Crippen molar-refractivity contribution in [1.29, 1.82) is 0 Å². The minimum Gasteiger partial charge on any atom is -0.491 e. The summed E-state index contributed by atoms with van der Waals surface area (Å²) in [7, 11) is 0. The molecule has 0 unspecified atom stereocenters. The molecule has 1 aromatic carbocycles. The fourth-order valence-corrected chi connectivity index (χ4v) is 2.95. The van der Waals surface area contributed by atoms with E-state index in [4.69, 9.17) is 4.74 Å². The maximum absolute atomic E-state index is 12.9. The summed E-state index contributed by atoms with van der Waals surface area (Å²) in [6, 6.07) is 9.89. The monoisotopic (exact) mass is 369 g/mol. The zero-order valence-electron chi connectivity index (χ0n) is 17.0. The number of aryl methyl sites for hydroxylation is 1. The first-order chi connectivity index (χ1) is 12.9. The van der Waals surface area contributed by atoms with Crippen LogP contribution in [0.4, 0.5) is 5.69 Å². The van der Waals surface area contributed by atoms with E-state index in [1.54, 1.807) is 12.4 Å². The van der Waals surface area contributed by atoms with E-state index in [0.717, 1.165) is 30.0 Å². The number of rotatable bonds is 9. The van der Waals surface area contributed by atoms with Crippen LogP contribution in [0.25, 0.3) is 0 Å². The molecule has 0 saturated heterocycles. The molecule has 0 aliphatic rings. The van der Waals surface area contributed by atoms with Gasteiger partial charge in [-0.3, -0.25) is 9.78 Å². The Balaban J connectivity index is 2.04. The number of amides is 1. The largest absolute Gasteiger partial charge is 0.491 e. The molecule has 146 valence electrons. The lowest BCUT2D eigenvalue weighted by atomic mass is 10.1. The number of benzene rings is 1. The molecule has 0 saturated carbocycles. The lowest BCUT2D eigenvalue weighted by Crippen LogP contribution is -2.37. The smallest absolute Gasteiger partial charge is 0.254 e. The molecule has 1 atom stereocenters. The van der Waals surface area contributed by atoms with Crippen LogP contribution in [0.1, 0.15) is 50.0 Å². The lowest BCUT2D eigenvalue weighted by Gasteiger charge is -2.26. The normalized spacial score (nSPS) is 11.9. The van der Waals surface area contributed by atoms with Crippen LogP contribution < -0.4 is 10.1 Å².